The maximum absolute atomic E-state index is 11.6. The summed E-state index contributed by atoms with van der Waals surface area (Å²) in [5.74, 6) is 0. The van der Waals surface area contributed by atoms with Crippen LogP contribution >= 0.6 is 0 Å². The highest BCUT2D eigenvalue weighted by molar-refractivity contribution is 4.81. The van der Waals surface area contributed by atoms with Crippen molar-refractivity contribution in [1.29, 1.82) is 0 Å². The van der Waals surface area contributed by atoms with Crippen molar-refractivity contribution in [3.63, 3.8) is 0 Å². The van der Waals surface area contributed by atoms with Crippen molar-refractivity contribution in [2.24, 2.45) is 7.05 Å². The van der Waals surface area contributed by atoms with Crippen LogP contribution in [0.3, 0.4) is 0 Å². The van der Waals surface area contributed by atoms with Gasteiger partial charge < -0.3 is 0 Å². The van der Waals surface area contributed by atoms with Crippen molar-refractivity contribution < 1.29 is 0 Å². The molecule has 0 radical (unpaired) electrons. The zero-order valence-corrected chi connectivity index (χ0v) is 8.62. The second-order valence-electron chi connectivity index (χ2n) is 4.08. The van der Waals surface area contributed by atoms with E-state index < -0.39 is 22.6 Å². The fourth-order valence-corrected chi connectivity index (χ4v) is 1.15. The van der Waals surface area contributed by atoms with E-state index in [-0.39, 0.29) is 0 Å². The Morgan fingerprint density at radius 1 is 1.07 bits per heavy atom. The van der Waals surface area contributed by atoms with E-state index in [2.05, 4.69) is 4.98 Å². The lowest BCUT2D eigenvalue weighted by Crippen LogP contribution is -2.53. The van der Waals surface area contributed by atoms with E-state index in [0.29, 0.717) is 0 Å². The number of hydrogen-bond acceptors (Lipinski definition) is 3. The molecule has 0 saturated carbocycles. The highest BCUT2D eigenvalue weighted by Gasteiger charge is 2.19. The summed E-state index contributed by atoms with van der Waals surface area (Å²) in [6.07, 6.45) is 0. The number of nitrogens with zero attached hydrogens (tertiary/aromatic N) is 2. The molecule has 1 aromatic heterocycles. The van der Waals surface area contributed by atoms with E-state index >= 15 is 0 Å². The van der Waals surface area contributed by atoms with E-state index in [1.54, 1.807) is 20.8 Å². The predicted octanol–water partition coefficient (Wildman–Crippen LogP) is -1.01. The van der Waals surface area contributed by atoms with Crippen LogP contribution in [0, 0.1) is 0 Å². The molecule has 6 heteroatoms. The zero-order valence-electron chi connectivity index (χ0n) is 8.62. The van der Waals surface area contributed by atoms with E-state index in [9.17, 15) is 14.4 Å². The van der Waals surface area contributed by atoms with Crippen LogP contribution < -0.4 is 17.1 Å². The Morgan fingerprint density at radius 3 is 2.00 bits per heavy atom. The molecule has 0 spiro atoms. The Morgan fingerprint density at radius 2 is 1.57 bits per heavy atom. The van der Waals surface area contributed by atoms with Crippen LogP contribution in [0.25, 0.3) is 0 Å². The number of H-pyrrole nitrogens is 1. The molecule has 0 aromatic carbocycles. The second kappa shape index (κ2) is 2.97. The number of aromatic amines is 1. The van der Waals surface area contributed by atoms with Gasteiger partial charge in [-0.3, -0.25) is 4.98 Å². The van der Waals surface area contributed by atoms with E-state index in [0.717, 1.165) is 9.13 Å². The summed E-state index contributed by atoms with van der Waals surface area (Å²) in [5, 5.41) is 0. The molecular weight excluding hydrogens is 186 g/mol. The molecule has 0 aliphatic rings. The summed E-state index contributed by atoms with van der Waals surface area (Å²) in [6.45, 7) is 5.15. The fraction of sp³-hybridized carbons (Fsp3) is 0.625. The quantitative estimate of drug-likeness (QED) is 0.581. The molecule has 0 fully saturated rings. The summed E-state index contributed by atoms with van der Waals surface area (Å²) in [4.78, 5) is 36.0. The average Bonchev–Trinajstić information content (AvgIpc) is 1.97. The van der Waals surface area contributed by atoms with Gasteiger partial charge in [0.2, 0.25) is 0 Å². The molecule has 1 N–H and O–H groups in total. The van der Waals surface area contributed by atoms with Crippen molar-refractivity contribution in [2.75, 3.05) is 0 Å². The first-order chi connectivity index (χ1) is 6.25. The minimum atomic E-state index is -0.694. The monoisotopic (exact) mass is 199 g/mol. The van der Waals surface area contributed by atoms with Gasteiger partial charge in [0, 0.05) is 12.6 Å². The SMILES string of the molecule is Cn1c(=O)[nH]c(=O)n(C(C)(C)C)c1=O. The molecule has 1 rings (SSSR count). The van der Waals surface area contributed by atoms with Crippen molar-refractivity contribution in [2.45, 2.75) is 26.3 Å². The molecule has 78 valence electrons. The molecule has 1 aromatic rings. The topological polar surface area (TPSA) is 76.9 Å². The Hall–Kier alpha value is -1.59. The minimum absolute atomic E-state index is 0.605. The molecule has 0 aliphatic heterocycles. The number of aromatic nitrogens is 3. The smallest absolute Gasteiger partial charge is 0.259 e. The van der Waals surface area contributed by atoms with Gasteiger partial charge in [0.15, 0.2) is 0 Å². The van der Waals surface area contributed by atoms with Gasteiger partial charge in [0.05, 0.1) is 0 Å². The Bertz CT molecular complexity index is 512. The van der Waals surface area contributed by atoms with Crippen LogP contribution in [0.2, 0.25) is 0 Å². The third kappa shape index (κ3) is 1.55. The first kappa shape index (κ1) is 10.5. The summed E-state index contributed by atoms with van der Waals surface area (Å²) >= 11 is 0. The zero-order chi connectivity index (χ0) is 11.1. The molecule has 0 aliphatic carbocycles. The molecule has 0 bridgehead atoms. The molecule has 0 saturated heterocycles. The maximum Gasteiger partial charge on any atom is 0.336 e. The summed E-state index contributed by atoms with van der Waals surface area (Å²) in [5.41, 5.74) is -2.62. The molecule has 1 heterocycles. The van der Waals surface area contributed by atoms with Gasteiger partial charge >= 0.3 is 17.1 Å². The van der Waals surface area contributed by atoms with E-state index in [4.69, 9.17) is 0 Å². The van der Waals surface area contributed by atoms with Crippen LogP contribution in [0.15, 0.2) is 14.4 Å². The Labute approximate surface area is 79.8 Å². The molecule has 0 amide bonds. The van der Waals surface area contributed by atoms with Crippen molar-refractivity contribution in [1.82, 2.24) is 14.1 Å². The van der Waals surface area contributed by atoms with Gasteiger partial charge in [-0.1, -0.05) is 0 Å². The van der Waals surface area contributed by atoms with Gasteiger partial charge in [-0.05, 0) is 20.8 Å². The molecule has 6 nitrogen and oxygen atoms in total. The van der Waals surface area contributed by atoms with Gasteiger partial charge in [-0.25, -0.2) is 23.5 Å². The van der Waals surface area contributed by atoms with Crippen LogP contribution in [-0.4, -0.2) is 14.1 Å². The largest absolute Gasteiger partial charge is 0.336 e. The van der Waals surface area contributed by atoms with E-state index in [1.807, 2.05) is 0 Å². The van der Waals surface area contributed by atoms with Crippen LogP contribution in [0.4, 0.5) is 0 Å². The Balaban J connectivity index is 3.80. The highest BCUT2D eigenvalue weighted by atomic mass is 16.2. The van der Waals surface area contributed by atoms with E-state index in [1.165, 1.54) is 7.05 Å². The van der Waals surface area contributed by atoms with Gasteiger partial charge in [-0.2, -0.15) is 0 Å². The van der Waals surface area contributed by atoms with Gasteiger partial charge in [0.1, 0.15) is 0 Å². The average molecular weight is 199 g/mol. The molecular formula is C8H13N3O3. The number of hydrogen-bond donors (Lipinski definition) is 1. The molecule has 14 heavy (non-hydrogen) atoms. The third-order valence-electron chi connectivity index (χ3n) is 1.87. The third-order valence-corrected chi connectivity index (χ3v) is 1.87. The molecule has 0 atom stereocenters. The standard InChI is InChI=1S/C8H13N3O3/c1-8(2,3)11-6(13)9-5(12)10(4)7(11)14/h1-4H3,(H,9,12,13). The first-order valence-electron chi connectivity index (χ1n) is 4.18. The van der Waals surface area contributed by atoms with Gasteiger partial charge in [0.25, 0.3) is 0 Å². The number of rotatable bonds is 0. The predicted molar refractivity (Wildman–Crippen MR) is 51.6 cm³/mol. The summed E-state index contributed by atoms with van der Waals surface area (Å²) < 4.78 is 1.88. The van der Waals surface area contributed by atoms with Crippen molar-refractivity contribution in [3.05, 3.63) is 31.5 Å². The normalized spacial score (nSPS) is 11.7. The second-order valence-corrected chi connectivity index (χ2v) is 4.08. The van der Waals surface area contributed by atoms with Crippen LogP contribution in [-0.2, 0) is 12.6 Å². The first-order valence-corrected chi connectivity index (χ1v) is 4.18. The summed E-state index contributed by atoms with van der Waals surface area (Å²) in [6, 6.07) is 0. The lowest BCUT2D eigenvalue weighted by atomic mass is 10.1. The lowest BCUT2D eigenvalue weighted by molar-refractivity contribution is 0.345. The lowest BCUT2D eigenvalue weighted by Gasteiger charge is -2.20. The minimum Gasteiger partial charge on any atom is -0.259 e. The summed E-state index contributed by atoms with van der Waals surface area (Å²) in [7, 11) is 1.32. The van der Waals surface area contributed by atoms with Crippen LogP contribution in [0.1, 0.15) is 20.8 Å². The Kier molecular flexibility index (Phi) is 2.22. The molecule has 0 unspecified atom stereocenters. The maximum atomic E-state index is 11.6. The van der Waals surface area contributed by atoms with Gasteiger partial charge in [-0.15, -0.1) is 0 Å². The fourth-order valence-electron chi connectivity index (χ4n) is 1.15. The van der Waals surface area contributed by atoms with Crippen molar-refractivity contribution in [3.8, 4) is 0 Å². The highest BCUT2D eigenvalue weighted by Crippen LogP contribution is 2.05. The van der Waals surface area contributed by atoms with Crippen LogP contribution in [0.5, 0.6) is 0 Å². The van der Waals surface area contributed by atoms with Crippen molar-refractivity contribution >= 4 is 0 Å². The number of nitrogens with one attached hydrogen (secondary N) is 1.